The van der Waals surface area contributed by atoms with Crippen molar-refractivity contribution in [1.82, 2.24) is 5.32 Å². The van der Waals surface area contributed by atoms with Crippen molar-refractivity contribution < 1.29 is 13.2 Å². The van der Waals surface area contributed by atoms with Gasteiger partial charge in [0, 0.05) is 12.6 Å². The predicted octanol–water partition coefficient (Wildman–Crippen LogP) is 1.30. The molecule has 1 rings (SSSR count). The maximum absolute atomic E-state index is 11.7. The molecule has 0 radical (unpaired) electrons. The highest BCUT2D eigenvalue weighted by molar-refractivity contribution is 7.92. The zero-order valence-corrected chi connectivity index (χ0v) is 13.9. The quantitative estimate of drug-likeness (QED) is 0.786. The van der Waals surface area contributed by atoms with Gasteiger partial charge in [-0.1, -0.05) is 44.2 Å². The molecule has 0 bridgehead atoms. The highest BCUT2D eigenvalue weighted by Gasteiger charge is 2.18. The van der Waals surface area contributed by atoms with Crippen LogP contribution in [-0.4, -0.2) is 32.4 Å². The molecular weight excluding hydrogens is 312 g/mol. The first-order valence-electron chi connectivity index (χ1n) is 6.58. The molecule has 0 saturated carbocycles. The number of amides is 1. The lowest BCUT2D eigenvalue weighted by Crippen LogP contribution is -2.36. The molecule has 1 aromatic carbocycles. The summed E-state index contributed by atoms with van der Waals surface area (Å²) in [5.41, 5.74) is 6.82. The zero-order valence-electron chi connectivity index (χ0n) is 12.3. The summed E-state index contributed by atoms with van der Waals surface area (Å²) in [6.07, 6.45) is 0. The van der Waals surface area contributed by atoms with E-state index in [9.17, 15) is 13.2 Å². The fourth-order valence-corrected chi connectivity index (χ4v) is 3.49. The SMILES string of the molecule is CC(C)CS(=O)(=O)CC(=O)NCC(N)c1ccccc1.Cl. The molecule has 120 valence electrons. The van der Waals surface area contributed by atoms with Crippen molar-refractivity contribution in [3.05, 3.63) is 35.9 Å². The molecule has 7 heteroatoms. The Bertz CT molecular complexity index is 532. The molecule has 0 spiro atoms. The normalized spacial score (nSPS) is 12.6. The highest BCUT2D eigenvalue weighted by atomic mass is 35.5. The van der Waals surface area contributed by atoms with Crippen molar-refractivity contribution in [2.75, 3.05) is 18.1 Å². The molecule has 0 aliphatic rings. The Labute approximate surface area is 132 Å². The third kappa shape index (κ3) is 8.04. The summed E-state index contributed by atoms with van der Waals surface area (Å²) in [6.45, 7) is 3.83. The Hall–Kier alpha value is -1.11. The minimum atomic E-state index is -3.35. The molecule has 0 aliphatic carbocycles. The molecule has 0 heterocycles. The molecule has 0 aliphatic heterocycles. The van der Waals surface area contributed by atoms with E-state index in [1.807, 2.05) is 30.3 Å². The number of nitrogens with two attached hydrogens (primary N) is 1. The van der Waals surface area contributed by atoms with Gasteiger partial charge in [0.2, 0.25) is 5.91 Å². The Morgan fingerprint density at radius 2 is 1.81 bits per heavy atom. The van der Waals surface area contributed by atoms with Crippen molar-refractivity contribution in [2.24, 2.45) is 11.7 Å². The smallest absolute Gasteiger partial charge is 0.235 e. The van der Waals surface area contributed by atoms with E-state index in [0.717, 1.165) is 5.56 Å². The predicted molar refractivity (Wildman–Crippen MR) is 87.1 cm³/mol. The topological polar surface area (TPSA) is 89.3 Å². The van der Waals surface area contributed by atoms with E-state index in [-0.39, 0.29) is 36.7 Å². The molecule has 0 aromatic heterocycles. The number of halogens is 1. The Balaban J connectivity index is 0.00000400. The van der Waals surface area contributed by atoms with Crippen LogP contribution in [0.25, 0.3) is 0 Å². The first-order valence-corrected chi connectivity index (χ1v) is 8.40. The summed E-state index contributed by atoms with van der Waals surface area (Å²) in [7, 11) is -3.35. The van der Waals surface area contributed by atoms with Crippen LogP contribution in [0.5, 0.6) is 0 Å². The fourth-order valence-electron chi connectivity index (χ4n) is 1.86. The van der Waals surface area contributed by atoms with E-state index in [1.165, 1.54) is 0 Å². The number of rotatable bonds is 7. The van der Waals surface area contributed by atoms with Crippen LogP contribution in [0.4, 0.5) is 0 Å². The molecule has 21 heavy (non-hydrogen) atoms. The van der Waals surface area contributed by atoms with Gasteiger partial charge < -0.3 is 11.1 Å². The van der Waals surface area contributed by atoms with Gasteiger partial charge in [-0.05, 0) is 11.5 Å². The maximum atomic E-state index is 11.7. The molecule has 3 N–H and O–H groups in total. The number of hydrogen-bond acceptors (Lipinski definition) is 4. The zero-order chi connectivity index (χ0) is 15.2. The average molecular weight is 335 g/mol. The summed E-state index contributed by atoms with van der Waals surface area (Å²) in [4.78, 5) is 11.6. The highest BCUT2D eigenvalue weighted by Crippen LogP contribution is 2.08. The number of carbonyl (C=O) groups is 1. The average Bonchev–Trinajstić information content (AvgIpc) is 2.34. The van der Waals surface area contributed by atoms with Gasteiger partial charge in [-0.3, -0.25) is 4.79 Å². The fraction of sp³-hybridized carbons (Fsp3) is 0.500. The molecule has 1 atom stereocenters. The van der Waals surface area contributed by atoms with Crippen LogP contribution in [0.15, 0.2) is 30.3 Å². The largest absolute Gasteiger partial charge is 0.353 e. The summed E-state index contributed by atoms with van der Waals surface area (Å²) >= 11 is 0. The number of nitrogens with one attached hydrogen (secondary N) is 1. The number of hydrogen-bond donors (Lipinski definition) is 2. The van der Waals surface area contributed by atoms with Crippen LogP contribution in [-0.2, 0) is 14.6 Å². The van der Waals surface area contributed by atoms with Gasteiger partial charge >= 0.3 is 0 Å². The van der Waals surface area contributed by atoms with Crippen molar-refractivity contribution >= 4 is 28.2 Å². The van der Waals surface area contributed by atoms with E-state index in [2.05, 4.69) is 5.32 Å². The van der Waals surface area contributed by atoms with E-state index in [4.69, 9.17) is 5.73 Å². The Morgan fingerprint density at radius 1 is 1.24 bits per heavy atom. The summed E-state index contributed by atoms with van der Waals surface area (Å²) < 4.78 is 23.3. The van der Waals surface area contributed by atoms with Gasteiger partial charge in [0.25, 0.3) is 0 Å². The summed E-state index contributed by atoms with van der Waals surface area (Å²) in [5.74, 6) is -0.950. The third-order valence-corrected chi connectivity index (χ3v) is 4.56. The van der Waals surface area contributed by atoms with Crippen LogP contribution in [0.2, 0.25) is 0 Å². The van der Waals surface area contributed by atoms with Crippen molar-refractivity contribution in [3.8, 4) is 0 Å². The maximum Gasteiger partial charge on any atom is 0.235 e. The van der Waals surface area contributed by atoms with Crippen molar-refractivity contribution in [3.63, 3.8) is 0 Å². The minimum Gasteiger partial charge on any atom is -0.353 e. The second-order valence-electron chi connectivity index (χ2n) is 5.27. The van der Waals surface area contributed by atoms with Gasteiger partial charge in [-0.15, -0.1) is 12.4 Å². The van der Waals surface area contributed by atoms with E-state index in [0.29, 0.717) is 0 Å². The van der Waals surface area contributed by atoms with E-state index < -0.39 is 21.5 Å². The van der Waals surface area contributed by atoms with Crippen molar-refractivity contribution in [2.45, 2.75) is 19.9 Å². The molecule has 1 aromatic rings. The number of benzene rings is 1. The second-order valence-corrected chi connectivity index (χ2v) is 7.38. The standard InChI is InChI=1S/C14H22N2O3S.ClH/c1-11(2)9-20(18,19)10-14(17)16-8-13(15)12-6-4-3-5-7-12;/h3-7,11,13H,8-10,15H2,1-2H3,(H,16,17);1H. The van der Waals surface area contributed by atoms with Gasteiger partial charge in [-0.25, -0.2) is 8.42 Å². The third-order valence-electron chi connectivity index (χ3n) is 2.69. The first kappa shape index (κ1) is 19.9. The van der Waals surface area contributed by atoms with Crippen LogP contribution in [0.3, 0.4) is 0 Å². The Kier molecular flexibility index (Phi) is 8.54. The lowest BCUT2D eigenvalue weighted by Gasteiger charge is -2.13. The molecule has 0 fully saturated rings. The van der Waals surface area contributed by atoms with Crippen LogP contribution >= 0.6 is 12.4 Å². The second kappa shape index (κ2) is 9.02. The van der Waals surface area contributed by atoms with Gasteiger partial charge in [0.1, 0.15) is 5.75 Å². The molecule has 5 nitrogen and oxygen atoms in total. The lowest BCUT2D eigenvalue weighted by molar-refractivity contribution is -0.118. The van der Waals surface area contributed by atoms with Crippen LogP contribution in [0.1, 0.15) is 25.5 Å². The first-order chi connectivity index (χ1) is 9.30. The van der Waals surface area contributed by atoms with E-state index in [1.54, 1.807) is 13.8 Å². The monoisotopic (exact) mass is 334 g/mol. The van der Waals surface area contributed by atoms with Gasteiger partial charge in [-0.2, -0.15) is 0 Å². The van der Waals surface area contributed by atoms with Crippen LogP contribution < -0.4 is 11.1 Å². The molecule has 1 amide bonds. The van der Waals surface area contributed by atoms with Crippen LogP contribution in [0, 0.1) is 5.92 Å². The van der Waals surface area contributed by atoms with E-state index >= 15 is 0 Å². The lowest BCUT2D eigenvalue weighted by atomic mass is 10.1. The molecule has 1 unspecified atom stereocenters. The Morgan fingerprint density at radius 3 is 2.33 bits per heavy atom. The summed E-state index contributed by atoms with van der Waals surface area (Å²) in [5, 5.41) is 2.57. The molecular formula is C14H23ClN2O3S. The van der Waals surface area contributed by atoms with Gasteiger partial charge in [0.05, 0.1) is 5.75 Å². The number of carbonyl (C=O) groups excluding carboxylic acids is 1. The minimum absolute atomic E-state index is 0. The van der Waals surface area contributed by atoms with Gasteiger partial charge in [0.15, 0.2) is 9.84 Å². The molecule has 0 saturated heterocycles. The number of sulfone groups is 1. The van der Waals surface area contributed by atoms with Crippen molar-refractivity contribution in [1.29, 1.82) is 0 Å². The summed E-state index contributed by atoms with van der Waals surface area (Å²) in [6, 6.07) is 9.01.